The van der Waals surface area contributed by atoms with Gasteiger partial charge in [-0.25, -0.2) is 0 Å². The molecule has 2 saturated heterocycles. The molecule has 0 aromatic heterocycles. The summed E-state index contributed by atoms with van der Waals surface area (Å²) in [5, 5.41) is 3.83. The molecular weight excluding hydrogens is 158 g/mol. The largest absolute Gasteiger partial charge is 0.311 e. The van der Waals surface area contributed by atoms with E-state index in [-0.39, 0.29) is 0 Å². The maximum absolute atomic E-state index is 3.83. The van der Waals surface area contributed by atoms with Crippen molar-refractivity contribution in [2.24, 2.45) is 23.7 Å². The van der Waals surface area contributed by atoms with Gasteiger partial charge in [-0.1, -0.05) is 0 Å². The summed E-state index contributed by atoms with van der Waals surface area (Å²) < 4.78 is 0. The molecular formula is C12H19N. The molecule has 4 aliphatic rings. The highest BCUT2D eigenvalue weighted by molar-refractivity contribution is 5.06. The summed E-state index contributed by atoms with van der Waals surface area (Å²) in [7, 11) is 0. The number of nitrogens with one attached hydrogen (secondary N) is 1. The van der Waals surface area contributed by atoms with Gasteiger partial charge >= 0.3 is 0 Å². The van der Waals surface area contributed by atoms with Crippen molar-refractivity contribution in [3.05, 3.63) is 0 Å². The summed E-state index contributed by atoms with van der Waals surface area (Å²) in [4.78, 5) is 0. The van der Waals surface area contributed by atoms with Crippen molar-refractivity contribution in [2.75, 3.05) is 0 Å². The molecule has 0 aromatic rings. The van der Waals surface area contributed by atoms with Gasteiger partial charge in [0.1, 0.15) is 0 Å². The average Bonchev–Trinajstić information content (AvgIpc) is 2.48. The van der Waals surface area contributed by atoms with E-state index in [1.54, 1.807) is 12.8 Å². The zero-order chi connectivity index (χ0) is 8.41. The van der Waals surface area contributed by atoms with E-state index < -0.39 is 0 Å². The van der Waals surface area contributed by atoms with Crippen LogP contribution in [-0.4, -0.2) is 12.1 Å². The topological polar surface area (TPSA) is 12.0 Å². The van der Waals surface area contributed by atoms with Crippen LogP contribution >= 0.6 is 0 Å². The van der Waals surface area contributed by atoms with Crippen molar-refractivity contribution < 1.29 is 0 Å². The van der Waals surface area contributed by atoms with Gasteiger partial charge in [-0.2, -0.15) is 0 Å². The number of hydrogen-bond donors (Lipinski definition) is 1. The lowest BCUT2D eigenvalue weighted by molar-refractivity contribution is -0.106. The predicted octanol–water partition coefficient (Wildman–Crippen LogP) is 2.17. The number of hydrogen-bond acceptors (Lipinski definition) is 1. The lowest BCUT2D eigenvalue weighted by Gasteiger charge is -2.60. The summed E-state index contributed by atoms with van der Waals surface area (Å²) >= 11 is 0. The van der Waals surface area contributed by atoms with E-state index in [1.165, 1.54) is 37.5 Å². The summed E-state index contributed by atoms with van der Waals surface area (Å²) in [6.45, 7) is 0. The second-order valence-electron chi connectivity index (χ2n) is 5.94. The smallest absolute Gasteiger partial charge is 0.00729 e. The minimum atomic E-state index is 0.914. The van der Waals surface area contributed by atoms with Gasteiger partial charge in [0.05, 0.1) is 0 Å². The molecule has 5 unspecified atom stereocenters. The summed E-state index contributed by atoms with van der Waals surface area (Å²) in [6.07, 6.45) is 9.17. The Balaban J connectivity index is 1.60. The van der Waals surface area contributed by atoms with Gasteiger partial charge in [-0.15, -0.1) is 0 Å². The summed E-state index contributed by atoms with van der Waals surface area (Å²) in [5.74, 6) is 4.67. The Morgan fingerprint density at radius 2 is 1.23 bits per heavy atom. The highest BCUT2D eigenvalue weighted by atomic mass is 15.0. The second kappa shape index (κ2) is 2.31. The van der Waals surface area contributed by atoms with Crippen LogP contribution in [0, 0.1) is 23.7 Å². The molecule has 72 valence electrons. The van der Waals surface area contributed by atoms with Crippen LogP contribution in [0.4, 0.5) is 0 Å². The number of rotatable bonds is 0. The minimum Gasteiger partial charge on any atom is -0.311 e. The molecule has 2 aliphatic carbocycles. The molecule has 2 saturated carbocycles. The molecule has 2 aliphatic heterocycles. The molecule has 1 nitrogen and oxygen atoms in total. The molecule has 0 spiro atoms. The molecule has 0 radical (unpaired) electrons. The minimum absolute atomic E-state index is 0.914. The third kappa shape index (κ3) is 0.869. The third-order valence-corrected chi connectivity index (χ3v) is 5.35. The van der Waals surface area contributed by atoms with Gasteiger partial charge in [0.25, 0.3) is 0 Å². The molecule has 4 fully saturated rings. The number of fused-ring (bicyclic) bond motifs is 2. The maximum atomic E-state index is 3.83. The van der Waals surface area contributed by atoms with E-state index in [0.29, 0.717) is 0 Å². The highest BCUT2D eigenvalue weighted by Gasteiger charge is 2.55. The molecule has 0 aromatic carbocycles. The van der Waals surface area contributed by atoms with Crippen molar-refractivity contribution in [3.8, 4) is 0 Å². The van der Waals surface area contributed by atoms with E-state index in [9.17, 15) is 0 Å². The lowest BCUT2D eigenvalue weighted by Crippen LogP contribution is -2.55. The SMILES string of the molecule is C1CC2C[C@H]3CC4CC(CC1N2)C43. The van der Waals surface area contributed by atoms with E-state index in [2.05, 4.69) is 5.32 Å². The van der Waals surface area contributed by atoms with Gasteiger partial charge in [-0.05, 0) is 62.2 Å². The fourth-order valence-corrected chi connectivity index (χ4v) is 4.78. The van der Waals surface area contributed by atoms with E-state index in [4.69, 9.17) is 0 Å². The van der Waals surface area contributed by atoms with Crippen LogP contribution in [0.2, 0.25) is 0 Å². The van der Waals surface area contributed by atoms with E-state index in [0.717, 1.165) is 23.9 Å². The first kappa shape index (κ1) is 7.28. The van der Waals surface area contributed by atoms with Crippen LogP contribution in [0.5, 0.6) is 0 Å². The first-order chi connectivity index (χ1) is 6.40. The normalized spacial score (nSPS) is 62.8. The first-order valence-electron chi connectivity index (χ1n) is 6.16. The first-order valence-corrected chi connectivity index (χ1v) is 6.16. The van der Waals surface area contributed by atoms with Crippen LogP contribution < -0.4 is 5.32 Å². The van der Waals surface area contributed by atoms with Crippen LogP contribution in [0.3, 0.4) is 0 Å². The van der Waals surface area contributed by atoms with E-state index in [1.807, 2.05) is 0 Å². The van der Waals surface area contributed by atoms with Gasteiger partial charge in [0.2, 0.25) is 0 Å². The molecule has 13 heavy (non-hydrogen) atoms. The van der Waals surface area contributed by atoms with Crippen molar-refractivity contribution in [1.29, 1.82) is 0 Å². The van der Waals surface area contributed by atoms with Crippen LogP contribution in [0.15, 0.2) is 0 Å². The Hall–Kier alpha value is -0.0400. The molecule has 1 N–H and O–H groups in total. The highest BCUT2D eigenvalue weighted by Crippen LogP contribution is 2.61. The van der Waals surface area contributed by atoms with Crippen molar-refractivity contribution >= 4 is 0 Å². The molecule has 2 heterocycles. The zero-order valence-corrected chi connectivity index (χ0v) is 8.21. The zero-order valence-electron chi connectivity index (χ0n) is 8.21. The molecule has 6 atom stereocenters. The van der Waals surface area contributed by atoms with E-state index >= 15 is 0 Å². The molecule has 0 amide bonds. The Morgan fingerprint density at radius 3 is 1.77 bits per heavy atom. The summed E-state index contributed by atoms with van der Waals surface area (Å²) in [6, 6.07) is 1.83. The lowest BCUT2D eigenvalue weighted by atomic mass is 9.46. The van der Waals surface area contributed by atoms with Crippen molar-refractivity contribution in [1.82, 2.24) is 5.32 Å². The van der Waals surface area contributed by atoms with Gasteiger partial charge in [0, 0.05) is 12.1 Å². The van der Waals surface area contributed by atoms with Crippen molar-refractivity contribution in [3.63, 3.8) is 0 Å². The molecule has 2 bridgehead atoms. The van der Waals surface area contributed by atoms with Crippen LogP contribution in [0.25, 0.3) is 0 Å². The van der Waals surface area contributed by atoms with Crippen LogP contribution in [0.1, 0.15) is 38.5 Å². The maximum Gasteiger partial charge on any atom is 0.00729 e. The monoisotopic (exact) mass is 177 g/mol. The molecule has 4 rings (SSSR count). The Morgan fingerprint density at radius 1 is 0.692 bits per heavy atom. The Labute approximate surface area is 80.3 Å². The van der Waals surface area contributed by atoms with Gasteiger partial charge in [-0.3, -0.25) is 0 Å². The fraction of sp³-hybridized carbons (Fsp3) is 1.00. The quantitative estimate of drug-likeness (QED) is 0.598. The fourth-order valence-electron chi connectivity index (χ4n) is 4.78. The Bertz CT molecular complexity index is 215. The molecule has 1 heteroatoms. The predicted molar refractivity (Wildman–Crippen MR) is 52.4 cm³/mol. The van der Waals surface area contributed by atoms with Gasteiger partial charge < -0.3 is 5.32 Å². The van der Waals surface area contributed by atoms with Crippen LogP contribution in [-0.2, 0) is 0 Å². The standard InChI is InChI=1S/C12H19N/c1-2-11-6-9-4-7-3-8(12(7)9)5-10(1)13-11/h7-13H,1-6H2/t7?,8-,9?,10?,11?,12?/m1/s1. The van der Waals surface area contributed by atoms with Crippen molar-refractivity contribution in [2.45, 2.75) is 50.6 Å². The third-order valence-electron chi connectivity index (χ3n) is 5.35. The van der Waals surface area contributed by atoms with Gasteiger partial charge in [0.15, 0.2) is 0 Å². The summed E-state index contributed by atoms with van der Waals surface area (Å²) in [5.41, 5.74) is 0. The second-order valence-corrected chi connectivity index (χ2v) is 5.94. The Kier molecular flexibility index (Phi) is 1.29. The average molecular weight is 177 g/mol.